The fourth-order valence-electron chi connectivity index (χ4n) is 5.29. The van der Waals surface area contributed by atoms with Gasteiger partial charge in [0.2, 0.25) is 11.9 Å². The number of rotatable bonds is 4. The van der Waals surface area contributed by atoms with Crippen molar-refractivity contribution in [1.29, 1.82) is 0 Å². The molecule has 2 saturated heterocycles. The van der Waals surface area contributed by atoms with Crippen LogP contribution in [-0.4, -0.2) is 52.0 Å². The minimum atomic E-state index is -0.0562. The number of hydrogen-bond donors (Lipinski definition) is 0. The van der Waals surface area contributed by atoms with Crippen molar-refractivity contribution < 1.29 is 14.3 Å². The lowest BCUT2D eigenvalue weighted by Gasteiger charge is -2.37. The molecule has 0 radical (unpaired) electrons. The largest absolute Gasteiger partial charge is 0.460 e. The first kappa shape index (κ1) is 17.7. The van der Waals surface area contributed by atoms with Crippen LogP contribution in [0.15, 0.2) is 6.20 Å². The smallest absolute Gasteiger partial charge is 0.309 e. The van der Waals surface area contributed by atoms with Gasteiger partial charge in [0, 0.05) is 36.7 Å². The van der Waals surface area contributed by atoms with Gasteiger partial charge in [-0.25, -0.2) is 9.97 Å². The van der Waals surface area contributed by atoms with Gasteiger partial charge in [0.05, 0.1) is 24.2 Å². The Hall–Kier alpha value is -2.18. The molecular formula is C22H28N4O3. The first-order valence-electron chi connectivity index (χ1n) is 11.3. The summed E-state index contributed by atoms with van der Waals surface area (Å²) in [6.07, 6.45) is 10.8. The molecule has 2 saturated carbocycles. The van der Waals surface area contributed by atoms with E-state index in [4.69, 9.17) is 9.72 Å². The van der Waals surface area contributed by atoms with E-state index >= 15 is 0 Å². The molecule has 0 aromatic carbocycles. The summed E-state index contributed by atoms with van der Waals surface area (Å²) in [6, 6.07) is 0.469. The molecule has 1 aromatic rings. The van der Waals surface area contributed by atoms with Crippen molar-refractivity contribution in [2.45, 2.75) is 76.0 Å². The highest BCUT2D eigenvalue weighted by molar-refractivity contribution is 5.82. The Morgan fingerprint density at radius 2 is 1.86 bits per heavy atom. The molecular weight excluding hydrogens is 368 g/mol. The molecule has 6 rings (SSSR count). The number of hydrogen-bond acceptors (Lipinski definition) is 6. The van der Waals surface area contributed by atoms with Gasteiger partial charge in [-0.1, -0.05) is 0 Å². The minimum absolute atomic E-state index is 0.0276. The van der Waals surface area contributed by atoms with Gasteiger partial charge in [-0.15, -0.1) is 0 Å². The predicted molar refractivity (Wildman–Crippen MR) is 105 cm³/mol. The lowest BCUT2D eigenvalue weighted by molar-refractivity contribution is -0.151. The molecule has 3 aliphatic heterocycles. The molecule has 4 heterocycles. The van der Waals surface area contributed by atoms with Crippen molar-refractivity contribution in [2.24, 2.45) is 11.8 Å². The Kier molecular flexibility index (Phi) is 4.06. The van der Waals surface area contributed by atoms with Gasteiger partial charge in [0.1, 0.15) is 6.10 Å². The van der Waals surface area contributed by atoms with Gasteiger partial charge in [0.15, 0.2) is 0 Å². The molecule has 3 atom stereocenters. The quantitative estimate of drug-likeness (QED) is 0.728. The van der Waals surface area contributed by atoms with Gasteiger partial charge in [0.25, 0.3) is 0 Å². The summed E-state index contributed by atoms with van der Waals surface area (Å²) in [5.74, 6) is 1.48. The fraction of sp³-hybridized carbons (Fsp3) is 0.727. The number of carbonyl (C=O) groups is 2. The van der Waals surface area contributed by atoms with Crippen molar-refractivity contribution in [3.05, 3.63) is 17.5 Å². The van der Waals surface area contributed by atoms with Crippen LogP contribution < -0.4 is 4.90 Å². The highest BCUT2D eigenvalue weighted by Crippen LogP contribution is 2.46. The van der Waals surface area contributed by atoms with E-state index in [9.17, 15) is 9.59 Å². The number of carbonyl (C=O) groups excluding carboxylic acids is 2. The molecule has 5 aliphatic rings. The Bertz CT molecular complexity index is 850. The Balaban J connectivity index is 1.19. The molecule has 1 aromatic heterocycles. The zero-order valence-corrected chi connectivity index (χ0v) is 16.8. The first-order valence-corrected chi connectivity index (χ1v) is 11.3. The van der Waals surface area contributed by atoms with Crippen LogP contribution in [0, 0.1) is 11.8 Å². The van der Waals surface area contributed by atoms with E-state index in [0.29, 0.717) is 18.5 Å². The van der Waals surface area contributed by atoms with Gasteiger partial charge < -0.3 is 14.5 Å². The molecule has 154 valence electrons. The average molecular weight is 396 g/mol. The summed E-state index contributed by atoms with van der Waals surface area (Å²) in [6.45, 7) is 1.58. The average Bonchev–Trinajstić information content (AvgIpc) is 3.63. The lowest BCUT2D eigenvalue weighted by Crippen LogP contribution is -2.44. The van der Waals surface area contributed by atoms with Crippen molar-refractivity contribution in [3.63, 3.8) is 0 Å². The van der Waals surface area contributed by atoms with Crippen LogP contribution in [0.4, 0.5) is 5.95 Å². The fourth-order valence-corrected chi connectivity index (χ4v) is 5.29. The maximum absolute atomic E-state index is 12.8. The Morgan fingerprint density at radius 3 is 2.66 bits per heavy atom. The molecule has 7 heteroatoms. The number of piperidine rings is 1. The third-order valence-electron chi connectivity index (χ3n) is 7.21. The normalized spacial score (nSPS) is 30.8. The number of fused-ring (bicyclic) bond motifs is 4. The van der Waals surface area contributed by atoms with Gasteiger partial charge in [-0.2, -0.15) is 0 Å². The third kappa shape index (κ3) is 3.19. The number of aromatic nitrogens is 2. The zero-order valence-electron chi connectivity index (χ0n) is 16.8. The van der Waals surface area contributed by atoms with Crippen molar-refractivity contribution >= 4 is 17.8 Å². The lowest BCUT2D eigenvalue weighted by atomic mass is 9.98. The molecule has 0 spiro atoms. The summed E-state index contributed by atoms with van der Waals surface area (Å²) < 4.78 is 5.71. The second-order valence-electron chi connectivity index (χ2n) is 9.46. The molecule has 7 nitrogen and oxygen atoms in total. The van der Waals surface area contributed by atoms with Crippen LogP contribution >= 0.6 is 0 Å². The topological polar surface area (TPSA) is 75.6 Å². The Labute approximate surface area is 170 Å². The van der Waals surface area contributed by atoms with Crippen molar-refractivity contribution in [2.75, 3.05) is 18.0 Å². The summed E-state index contributed by atoms with van der Waals surface area (Å²) in [7, 11) is 0. The second kappa shape index (κ2) is 6.67. The van der Waals surface area contributed by atoms with E-state index in [1.165, 1.54) is 0 Å². The number of esters is 1. The number of nitrogens with zero attached hydrogens (tertiary/aromatic N) is 4. The minimum Gasteiger partial charge on any atom is -0.460 e. The van der Waals surface area contributed by atoms with Crippen LogP contribution in [0.1, 0.15) is 68.7 Å². The SMILES string of the molecule is O=C(O[C@H]1CCCN(c2ncc3c(n2)C[C@H]2CC[C@H]3N2C(=O)C2CC2)C1)C1CC1. The van der Waals surface area contributed by atoms with Crippen molar-refractivity contribution in [3.8, 4) is 0 Å². The zero-order chi connectivity index (χ0) is 19.5. The third-order valence-corrected chi connectivity index (χ3v) is 7.21. The van der Waals surface area contributed by atoms with E-state index in [1.807, 2.05) is 6.20 Å². The van der Waals surface area contributed by atoms with Crippen LogP contribution in [0.2, 0.25) is 0 Å². The van der Waals surface area contributed by atoms with E-state index in [2.05, 4.69) is 14.8 Å². The van der Waals surface area contributed by atoms with E-state index in [1.54, 1.807) is 0 Å². The highest BCUT2D eigenvalue weighted by atomic mass is 16.5. The van der Waals surface area contributed by atoms with Crippen LogP contribution in [-0.2, 0) is 20.7 Å². The maximum Gasteiger partial charge on any atom is 0.309 e. The van der Waals surface area contributed by atoms with Gasteiger partial charge >= 0.3 is 5.97 Å². The summed E-state index contributed by atoms with van der Waals surface area (Å²) in [5.41, 5.74) is 2.25. The first-order chi connectivity index (χ1) is 14.2. The maximum atomic E-state index is 12.8. The standard InChI is InChI=1S/C22H28N4O3/c27-20(13-3-4-13)26-15-7-8-19(26)17-11-23-22(24-18(17)10-15)25-9-1-2-16(12-25)29-21(28)14-5-6-14/h11,13-16,19H,1-10,12H2/t15-,16+,19-/m1/s1. The molecule has 0 N–H and O–H groups in total. The molecule has 2 aliphatic carbocycles. The molecule has 1 amide bonds. The number of amides is 1. The molecule has 29 heavy (non-hydrogen) atoms. The summed E-state index contributed by atoms with van der Waals surface area (Å²) >= 11 is 0. The van der Waals surface area contributed by atoms with E-state index in [0.717, 1.165) is 81.5 Å². The van der Waals surface area contributed by atoms with E-state index in [-0.39, 0.29) is 30.0 Å². The molecule has 4 fully saturated rings. The predicted octanol–water partition coefficient (Wildman–Crippen LogP) is 2.40. The molecule has 0 unspecified atom stereocenters. The van der Waals surface area contributed by atoms with Crippen LogP contribution in [0.25, 0.3) is 0 Å². The summed E-state index contributed by atoms with van der Waals surface area (Å²) in [5, 5.41) is 0. The van der Waals surface area contributed by atoms with Crippen molar-refractivity contribution in [1.82, 2.24) is 14.9 Å². The van der Waals surface area contributed by atoms with Gasteiger partial charge in [-0.3, -0.25) is 9.59 Å². The monoisotopic (exact) mass is 396 g/mol. The second-order valence-corrected chi connectivity index (χ2v) is 9.46. The Morgan fingerprint density at radius 1 is 1.03 bits per heavy atom. The van der Waals surface area contributed by atoms with Gasteiger partial charge in [-0.05, 0) is 51.4 Å². The van der Waals surface area contributed by atoms with E-state index < -0.39 is 0 Å². The number of ether oxygens (including phenoxy) is 1. The highest BCUT2D eigenvalue weighted by Gasteiger charge is 2.47. The van der Waals surface area contributed by atoms with Crippen LogP contribution in [0.5, 0.6) is 0 Å². The number of anilines is 1. The van der Waals surface area contributed by atoms with Crippen LogP contribution in [0.3, 0.4) is 0 Å². The summed E-state index contributed by atoms with van der Waals surface area (Å²) in [4.78, 5) is 38.7. The molecule has 2 bridgehead atoms.